The van der Waals surface area contributed by atoms with E-state index in [0.717, 1.165) is 0 Å². The van der Waals surface area contributed by atoms with E-state index in [9.17, 15) is 0 Å². The van der Waals surface area contributed by atoms with E-state index < -0.39 is 0 Å². The van der Waals surface area contributed by atoms with E-state index in [2.05, 4.69) is 0 Å². The summed E-state index contributed by atoms with van der Waals surface area (Å²) in [6, 6.07) is 0. The van der Waals surface area contributed by atoms with Crippen LogP contribution < -0.4 is 29.6 Å². The van der Waals surface area contributed by atoms with Crippen molar-refractivity contribution in [3.05, 3.63) is 0 Å². The van der Waals surface area contributed by atoms with Gasteiger partial charge in [0.1, 0.15) is 0 Å². The molecule has 0 N–H and O–H groups in total. The molecule has 0 bridgehead atoms. The van der Waals surface area contributed by atoms with Gasteiger partial charge in [-0.25, -0.2) is 0 Å². The minimum absolute atomic E-state index is 0. The third-order valence-electron chi connectivity index (χ3n) is 0. The van der Waals surface area contributed by atoms with E-state index >= 15 is 0 Å². The number of hydrogen-bond donors (Lipinski definition) is 0. The van der Waals surface area contributed by atoms with Crippen LogP contribution in [0.5, 0.6) is 0 Å². The molecule has 0 aromatic heterocycles. The Hall–Kier alpha value is 2.43. The van der Waals surface area contributed by atoms with Gasteiger partial charge in [-0.15, -0.1) is 0 Å². The van der Waals surface area contributed by atoms with Crippen molar-refractivity contribution in [2.75, 3.05) is 0 Å². The van der Waals surface area contributed by atoms with Crippen molar-refractivity contribution in [2.24, 2.45) is 0 Å². The van der Waals surface area contributed by atoms with Gasteiger partial charge >= 0.3 is 29.6 Å². The topological polar surface area (TPSA) is 228 Å². The molecule has 0 unspecified atom stereocenters. The molecule has 0 saturated carbocycles. The van der Waals surface area contributed by atoms with Gasteiger partial charge in [0.25, 0.3) is 0 Å². The average molecular weight is 304 g/mol. The molecule has 3 radical (unpaired) electrons. The first-order valence-corrected chi connectivity index (χ1v) is 0. The molecule has 0 spiro atoms. The Labute approximate surface area is 128 Å². The summed E-state index contributed by atoms with van der Waals surface area (Å²) >= 11 is 0. The largest absolute Gasteiger partial charge is 2.00 e. The van der Waals surface area contributed by atoms with Crippen molar-refractivity contribution in [3.8, 4) is 0 Å². The molecule has 79 valence electrons. The zero-order chi connectivity index (χ0) is 0. The molecule has 0 aliphatic carbocycles. The molecule has 0 fully saturated rings. The smallest absolute Gasteiger partial charge is 1.00 e. The van der Waals surface area contributed by atoms with Crippen molar-refractivity contribution in [3.63, 3.8) is 0 Å². The summed E-state index contributed by atoms with van der Waals surface area (Å²) in [4.78, 5) is 0. The minimum atomic E-state index is 0. The van der Waals surface area contributed by atoms with Gasteiger partial charge in [-0.3, -0.25) is 0 Å². The molecule has 0 heterocycles. The third-order valence-corrected chi connectivity index (χ3v) is 0. The average Bonchev–Trinajstić information content (AvgIpc) is 0. The second-order valence-corrected chi connectivity index (χ2v) is 0. The molecular formula is NaO8V3-15. The van der Waals surface area contributed by atoms with Gasteiger partial charge in [0.05, 0.1) is 0 Å². The van der Waals surface area contributed by atoms with Crippen LogP contribution in [0.1, 0.15) is 0 Å². The Balaban J connectivity index is 0. The summed E-state index contributed by atoms with van der Waals surface area (Å²) in [7, 11) is 0. The molecule has 0 aliphatic heterocycles. The zero-order valence-corrected chi connectivity index (χ0v) is 11.8. The van der Waals surface area contributed by atoms with Crippen molar-refractivity contribution < 1.29 is 129 Å². The fourth-order valence-electron chi connectivity index (χ4n) is 0. The Morgan fingerprint density at radius 1 is 0.250 bits per heavy atom. The summed E-state index contributed by atoms with van der Waals surface area (Å²) in [6.07, 6.45) is 0. The maximum atomic E-state index is 0. The first-order chi connectivity index (χ1) is 0. The van der Waals surface area contributed by atoms with Gasteiger partial charge in [-0.1, -0.05) is 0 Å². The van der Waals surface area contributed by atoms with E-state index in [1.54, 1.807) is 0 Å². The van der Waals surface area contributed by atoms with Crippen LogP contribution in [0.2, 0.25) is 0 Å². The monoisotopic (exact) mass is 304 g/mol. The molecule has 0 rings (SSSR count). The molecule has 0 saturated heterocycles. The van der Waals surface area contributed by atoms with Gasteiger partial charge in [-0.05, 0) is 0 Å². The summed E-state index contributed by atoms with van der Waals surface area (Å²) in [5.41, 5.74) is 0. The summed E-state index contributed by atoms with van der Waals surface area (Å²) in [5, 5.41) is 0. The summed E-state index contributed by atoms with van der Waals surface area (Å²) in [6.45, 7) is 0. The Morgan fingerprint density at radius 3 is 0.250 bits per heavy atom. The van der Waals surface area contributed by atoms with E-state index in [0.29, 0.717) is 0 Å². The van der Waals surface area contributed by atoms with Crippen LogP contribution in [-0.4, -0.2) is 0 Å². The van der Waals surface area contributed by atoms with Gasteiger partial charge in [-0.2, -0.15) is 0 Å². The SMILES string of the molecule is [Na+].[O-2].[O-2].[O-2].[O-2].[O-2].[O-2].[O-2].[O-2].[V].[V].[V]. The van der Waals surface area contributed by atoms with Crippen LogP contribution in [0.15, 0.2) is 0 Å². The van der Waals surface area contributed by atoms with Crippen LogP contribution in [-0.2, 0) is 99.5 Å². The molecular weight excluding hydrogens is 304 g/mol. The zero-order valence-electron chi connectivity index (χ0n) is 5.61. The second-order valence-electron chi connectivity index (χ2n) is 0. The number of hydrogen-bond acceptors (Lipinski definition) is 0. The van der Waals surface area contributed by atoms with E-state index in [1.807, 2.05) is 0 Å². The fraction of sp³-hybridized carbons (Fsp3) is 0. The number of rotatable bonds is 0. The summed E-state index contributed by atoms with van der Waals surface area (Å²) < 4.78 is 0. The van der Waals surface area contributed by atoms with Gasteiger partial charge in [0.2, 0.25) is 0 Å². The van der Waals surface area contributed by atoms with Crippen molar-refractivity contribution >= 4 is 0 Å². The van der Waals surface area contributed by atoms with Gasteiger partial charge < -0.3 is 43.8 Å². The van der Waals surface area contributed by atoms with Crippen LogP contribution in [0, 0.1) is 0 Å². The predicted octanol–water partition coefficient (Wildman–Crippen LogP) is -3.95. The standard InChI is InChI=1S/Na.8O.3V/q+1;8*-2;;;. The Morgan fingerprint density at radius 2 is 0.250 bits per heavy atom. The van der Waals surface area contributed by atoms with E-state index in [-0.39, 0.29) is 129 Å². The quantitative estimate of drug-likeness (QED) is 0.390. The van der Waals surface area contributed by atoms with Crippen molar-refractivity contribution in [2.45, 2.75) is 0 Å². The first-order valence-electron chi connectivity index (χ1n) is 0. The van der Waals surface area contributed by atoms with E-state index in [4.69, 9.17) is 0 Å². The van der Waals surface area contributed by atoms with Gasteiger partial charge in [0, 0.05) is 55.7 Å². The molecule has 12 heteroatoms. The molecule has 0 aromatic carbocycles. The van der Waals surface area contributed by atoms with E-state index in [1.165, 1.54) is 0 Å². The minimum Gasteiger partial charge on any atom is -2.00 e. The molecule has 0 aliphatic rings. The molecule has 0 aromatic rings. The normalized spacial score (nSPS) is 0. The van der Waals surface area contributed by atoms with Crippen LogP contribution in [0.25, 0.3) is 0 Å². The maximum absolute atomic E-state index is 0. The maximum Gasteiger partial charge on any atom is 1.00 e. The van der Waals surface area contributed by atoms with Crippen molar-refractivity contribution in [1.29, 1.82) is 0 Å². The molecule has 0 atom stereocenters. The Kier molecular flexibility index (Phi) is 12900. The predicted molar refractivity (Wildman–Crippen MR) is 5.49 cm³/mol. The Bertz CT molecular complexity index is 14.3. The van der Waals surface area contributed by atoms with Gasteiger partial charge in [0.15, 0.2) is 0 Å². The fourth-order valence-corrected chi connectivity index (χ4v) is 0. The first kappa shape index (κ1) is 440. The third kappa shape index (κ3) is 275. The second kappa shape index (κ2) is 351. The van der Waals surface area contributed by atoms with Crippen LogP contribution in [0.3, 0.4) is 0 Å². The summed E-state index contributed by atoms with van der Waals surface area (Å²) in [5.74, 6) is 0. The van der Waals surface area contributed by atoms with Crippen LogP contribution in [0.4, 0.5) is 0 Å². The molecule has 8 nitrogen and oxygen atoms in total. The molecule has 0 amide bonds. The van der Waals surface area contributed by atoms with Crippen LogP contribution >= 0.6 is 0 Å². The molecule has 12 heavy (non-hydrogen) atoms. The van der Waals surface area contributed by atoms with Crippen molar-refractivity contribution in [1.82, 2.24) is 0 Å².